The van der Waals surface area contributed by atoms with Crippen LogP contribution in [0.5, 0.6) is 11.5 Å². The number of aliphatic hydroxyl groups excluding tert-OH is 1. The van der Waals surface area contributed by atoms with Crippen molar-refractivity contribution in [2.75, 3.05) is 13.4 Å². The first-order valence-corrected chi connectivity index (χ1v) is 5.64. The van der Waals surface area contributed by atoms with Crippen LogP contribution >= 0.6 is 11.6 Å². The maximum atomic E-state index is 11.8. The molecule has 0 aromatic heterocycles. The van der Waals surface area contributed by atoms with Crippen LogP contribution in [0.15, 0.2) is 12.1 Å². The van der Waals surface area contributed by atoms with Gasteiger partial charge in [0, 0.05) is 5.56 Å². The topological polar surface area (TPSA) is 105 Å². The van der Waals surface area contributed by atoms with Gasteiger partial charge in [-0.2, -0.15) is 0 Å². The summed E-state index contributed by atoms with van der Waals surface area (Å²) >= 11 is 5.90. The smallest absolute Gasteiger partial charge is 0.328 e. The molecule has 1 aromatic rings. The predicted octanol–water partition coefficient (Wildman–Crippen LogP) is 0.244. The number of benzene rings is 1. The molecule has 19 heavy (non-hydrogen) atoms. The van der Waals surface area contributed by atoms with E-state index in [1.807, 2.05) is 0 Å². The number of halogens is 1. The normalized spacial score (nSPS) is 14.0. The van der Waals surface area contributed by atoms with E-state index in [1.165, 1.54) is 12.1 Å². The van der Waals surface area contributed by atoms with Crippen molar-refractivity contribution in [2.24, 2.45) is 0 Å². The minimum absolute atomic E-state index is 0.00845. The van der Waals surface area contributed by atoms with Crippen LogP contribution in [0.25, 0.3) is 0 Å². The van der Waals surface area contributed by atoms with Crippen LogP contribution in [-0.4, -0.2) is 41.5 Å². The number of ether oxygens (including phenoxy) is 2. The number of carbonyl (C=O) groups excluding carboxylic acids is 1. The molecule has 7 nitrogen and oxygen atoms in total. The molecular weight excluding hydrogens is 278 g/mol. The number of amides is 1. The van der Waals surface area contributed by atoms with E-state index in [-0.39, 0.29) is 17.4 Å². The summed E-state index contributed by atoms with van der Waals surface area (Å²) in [4.78, 5) is 22.5. The highest BCUT2D eigenvalue weighted by Crippen LogP contribution is 2.39. The van der Waals surface area contributed by atoms with Gasteiger partial charge in [0.25, 0.3) is 5.91 Å². The van der Waals surface area contributed by atoms with Gasteiger partial charge in [0.05, 0.1) is 11.6 Å². The molecule has 8 heteroatoms. The van der Waals surface area contributed by atoms with Crippen molar-refractivity contribution in [3.8, 4) is 11.5 Å². The Hall–Kier alpha value is -1.99. The minimum atomic E-state index is -1.38. The van der Waals surface area contributed by atoms with Gasteiger partial charge in [0.15, 0.2) is 17.5 Å². The molecule has 0 spiro atoms. The largest absolute Gasteiger partial charge is 0.480 e. The van der Waals surface area contributed by atoms with Gasteiger partial charge >= 0.3 is 5.97 Å². The fourth-order valence-corrected chi connectivity index (χ4v) is 1.79. The third-order valence-electron chi connectivity index (χ3n) is 2.48. The Balaban J connectivity index is 2.20. The standard InChI is InChI=1S/C11H10ClNO6/c12-6-1-5(2-8-9(6)19-4-18-8)10(15)13-7(3-14)11(16)17/h1-2,7,14H,3-4H2,(H,13,15)(H,16,17). The molecule has 1 heterocycles. The van der Waals surface area contributed by atoms with Gasteiger partial charge in [-0.1, -0.05) is 11.6 Å². The molecule has 102 valence electrons. The van der Waals surface area contributed by atoms with Crippen molar-refractivity contribution < 1.29 is 29.3 Å². The van der Waals surface area contributed by atoms with Crippen LogP contribution in [0.4, 0.5) is 0 Å². The van der Waals surface area contributed by atoms with Crippen molar-refractivity contribution in [1.29, 1.82) is 0 Å². The van der Waals surface area contributed by atoms with Crippen LogP contribution in [0.3, 0.4) is 0 Å². The highest BCUT2D eigenvalue weighted by molar-refractivity contribution is 6.32. The van der Waals surface area contributed by atoms with Crippen LogP contribution in [-0.2, 0) is 4.79 Å². The lowest BCUT2D eigenvalue weighted by molar-refractivity contribution is -0.140. The molecule has 1 aliphatic rings. The van der Waals surface area contributed by atoms with Crippen molar-refractivity contribution >= 4 is 23.5 Å². The molecule has 1 atom stereocenters. The van der Waals surface area contributed by atoms with Crippen LogP contribution in [0.1, 0.15) is 10.4 Å². The second kappa shape index (κ2) is 5.33. The van der Waals surface area contributed by atoms with E-state index in [0.29, 0.717) is 11.5 Å². The Morgan fingerprint density at radius 1 is 1.42 bits per heavy atom. The Morgan fingerprint density at radius 2 is 2.16 bits per heavy atom. The van der Waals surface area contributed by atoms with E-state index in [4.69, 9.17) is 31.3 Å². The molecule has 1 amide bonds. The molecule has 0 saturated carbocycles. The Bertz CT molecular complexity index is 532. The zero-order valence-electron chi connectivity index (χ0n) is 9.55. The van der Waals surface area contributed by atoms with Crippen LogP contribution in [0.2, 0.25) is 5.02 Å². The lowest BCUT2D eigenvalue weighted by Crippen LogP contribution is -2.43. The molecule has 2 rings (SSSR count). The van der Waals surface area contributed by atoms with Crippen LogP contribution in [0, 0.1) is 0 Å². The fourth-order valence-electron chi connectivity index (χ4n) is 1.53. The number of carbonyl (C=O) groups is 2. The average Bonchev–Trinajstić information content (AvgIpc) is 2.83. The summed E-state index contributed by atoms with van der Waals surface area (Å²) in [6.45, 7) is -0.701. The van der Waals surface area contributed by atoms with Gasteiger partial charge < -0.3 is 25.0 Å². The zero-order chi connectivity index (χ0) is 14.0. The number of carboxylic acids is 1. The Labute approximate surface area is 112 Å². The zero-order valence-corrected chi connectivity index (χ0v) is 10.3. The number of aliphatic hydroxyl groups is 1. The first kappa shape index (κ1) is 13.4. The van der Waals surface area contributed by atoms with Gasteiger partial charge in [-0.15, -0.1) is 0 Å². The summed E-state index contributed by atoms with van der Waals surface area (Å²) in [5, 5.41) is 19.9. The number of nitrogens with one attached hydrogen (secondary N) is 1. The first-order chi connectivity index (χ1) is 9.02. The Kier molecular flexibility index (Phi) is 3.77. The van der Waals surface area contributed by atoms with E-state index >= 15 is 0 Å². The molecule has 1 unspecified atom stereocenters. The van der Waals surface area contributed by atoms with Crippen molar-refractivity contribution in [1.82, 2.24) is 5.32 Å². The molecule has 0 radical (unpaired) electrons. The predicted molar refractivity (Wildman–Crippen MR) is 63.6 cm³/mol. The summed E-state index contributed by atoms with van der Waals surface area (Å²) in [6, 6.07) is 1.34. The number of carboxylic acid groups (broad SMARTS) is 1. The highest BCUT2D eigenvalue weighted by atomic mass is 35.5. The lowest BCUT2D eigenvalue weighted by atomic mass is 10.1. The molecule has 0 aliphatic carbocycles. The van der Waals surface area contributed by atoms with E-state index < -0.39 is 24.5 Å². The fraction of sp³-hybridized carbons (Fsp3) is 0.273. The number of hydrogen-bond acceptors (Lipinski definition) is 5. The molecule has 1 aliphatic heterocycles. The maximum Gasteiger partial charge on any atom is 0.328 e. The van der Waals surface area contributed by atoms with E-state index in [1.54, 1.807) is 0 Å². The summed E-state index contributed by atoms with van der Waals surface area (Å²) < 4.78 is 10.2. The van der Waals surface area contributed by atoms with Crippen LogP contribution < -0.4 is 14.8 Å². The number of fused-ring (bicyclic) bond motifs is 1. The van der Waals surface area contributed by atoms with Gasteiger partial charge in [0.2, 0.25) is 6.79 Å². The maximum absolute atomic E-state index is 11.8. The summed E-state index contributed by atoms with van der Waals surface area (Å²) in [7, 11) is 0. The van der Waals surface area contributed by atoms with Gasteiger partial charge in [0.1, 0.15) is 0 Å². The number of rotatable bonds is 4. The molecule has 0 fully saturated rings. The first-order valence-electron chi connectivity index (χ1n) is 5.26. The summed E-state index contributed by atoms with van der Waals surface area (Å²) in [5.41, 5.74) is 0.119. The number of aliphatic carboxylic acids is 1. The highest BCUT2D eigenvalue weighted by Gasteiger charge is 2.23. The van der Waals surface area contributed by atoms with Gasteiger partial charge in [-0.3, -0.25) is 4.79 Å². The molecular formula is C11H10ClNO6. The third kappa shape index (κ3) is 2.72. The molecule has 0 saturated heterocycles. The van der Waals surface area contributed by atoms with E-state index in [9.17, 15) is 9.59 Å². The molecule has 0 bridgehead atoms. The quantitative estimate of drug-likeness (QED) is 0.733. The monoisotopic (exact) mass is 287 g/mol. The number of hydrogen-bond donors (Lipinski definition) is 3. The Morgan fingerprint density at radius 3 is 2.79 bits per heavy atom. The second-order valence-electron chi connectivity index (χ2n) is 3.74. The third-order valence-corrected chi connectivity index (χ3v) is 2.76. The van der Waals surface area contributed by atoms with Gasteiger partial charge in [-0.25, -0.2) is 4.79 Å². The van der Waals surface area contributed by atoms with Crippen molar-refractivity contribution in [3.63, 3.8) is 0 Å². The summed E-state index contributed by atoms with van der Waals surface area (Å²) in [5.74, 6) is -1.35. The van der Waals surface area contributed by atoms with Crippen molar-refractivity contribution in [2.45, 2.75) is 6.04 Å². The lowest BCUT2D eigenvalue weighted by Gasteiger charge is -2.12. The minimum Gasteiger partial charge on any atom is -0.480 e. The van der Waals surface area contributed by atoms with Crippen molar-refractivity contribution in [3.05, 3.63) is 22.7 Å². The van der Waals surface area contributed by atoms with E-state index in [0.717, 1.165) is 0 Å². The second-order valence-corrected chi connectivity index (χ2v) is 4.15. The summed E-state index contributed by atoms with van der Waals surface area (Å²) in [6.07, 6.45) is 0. The molecule has 1 aromatic carbocycles. The van der Waals surface area contributed by atoms with E-state index in [2.05, 4.69) is 5.32 Å². The van der Waals surface area contributed by atoms with Gasteiger partial charge in [-0.05, 0) is 12.1 Å². The SMILES string of the molecule is O=C(NC(CO)C(=O)O)c1cc(Cl)c2c(c1)OCO2. The molecule has 3 N–H and O–H groups in total. The average molecular weight is 288 g/mol.